The van der Waals surface area contributed by atoms with Gasteiger partial charge in [0.2, 0.25) is 5.91 Å². The summed E-state index contributed by atoms with van der Waals surface area (Å²) in [6.45, 7) is 4.54. The van der Waals surface area contributed by atoms with Gasteiger partial charge in [-0.15, -0.1) is 11.8 Å². The lowest BCUT2D eigenvalue weighted by Crippen LogP contribution is -2.47. The number of carbonyl (C=O) groups is 1. The van der Waals surface area contributed by atoms with E-state index in [0.29, 0.717) is 13.1 Å². The Labute approximate surface area is 128 Å². The van der Waals surface area contributed by atoms with Gasteiger partial charge in [-0.05, 0) is 37.9 Å². The summed E-state index contributed by atoms with van der Waals surface area (Å²) in [6.07, 6.45) is -4.29. The van der Waals surface area contributed by atoms with Crippen molar-refractivity contribution in [1.82, 2.24) is 4.90 Å². The smallest absolute Gasteiger partial charge is 0.383 e. The first-order valence-corrected chi connectivity index (χ1v) is 8.47. The number of alkyl halides is 3. The second kappa shape index (κ2) is 8.27. The molecule has 2 atom stereocenters. The van der Waals surface area contributed by atoms with Crippen LogP contribution >= 0.6 is 11.8 Å². The van der Waals surface area contributed by atoms with E-state index in [2.05, 4.69) is 6.92 Å². The molecule has 1 rings (SSSR count). The molecular formula is C14H24F3NO2S. The van der Waals surface area contributed by atoms with Crippen molar-refractivity contribution in [3.8, 4) is 0 Å². The number of hydrogen-bond donors (Lipinski definition) is 1. The fourth-order valence-electron chi connectivity index (χ4n) is 2.44. The number of rotatable bonds is 6. The van der Waals surface area contributed by atoms with Gasteiger partial charge in [-0.25, -0.2) is 0 Å². The standard InChI is InChI=1S/C14H24F3NO2S/c1-3-4-9-21-10(2)13(20)18-7-5-11(6-8-18)12(19)14(15,16)17/h10-12,19H,3-9H2,1-2H3. The number of piperidine rings is 1. The lowest BCUT2D eigenvalue weighted by Gasteiger charge is -2.35. The molecule has 1 amide bonds. The number of aliphatic hydroxyl groups is 1. The van der Waals surface area contributed by atoms with Gasteiger partial charge in [-0.3, -0.25) is 4.79 Å². The van der Waals surface area contributed by atoms with Crippen LogP contribution in [-0.4, -0.2) is 52.3 Å². The third kappa shape index (κ3) is 5.70. The van der Waals surface area contributed by atoms with Gasteiger partial charge < -0.3 is 10.0 Å². The molecular weight excluding hydrogens is 303 g/mol. The van der Waals surface area contributed by atoms with Gasteiger partial charge in [-0.2, -0.15) is 13.2 Å². The number of nitrogens with zero attached hydrogens (tertiary/aromatic N) is 1. The zero-order valence-corrected chi connectivity index (χ0v) is 13.3. The monoisotopic (exact) mass is 327 g/mol. The molecule has 7 heteroatoms. The zero-order chi connectivity index (χ0) is 16.0. The van der Waals surface area contributed by atoms with Gasteiger partial charge in [0.25, 0.3) is 0 Å². The van der Waals surface area contributed by atoms with Gasteiger partial charge in [0.05, 0.1) is 5.25 Å². The largest absolute Gasteiger partial charge is 0.414 e. The van der Waals surface area contributed by atoms with Crippen molar-refractivity contribution in [2.75, 3.05) is 18.8 Å². The number of hydrogen-bond acceptors (Lipinski definition) is 3. The number of unbranched alkanes of at least 4 members (excludes halogenated alkanes) is 1. The first-order valence-electron chi connectivity index (χ1n) is 7.42. The van der Waals surface area contributed by atoms with E-state index in [-0.39, 0.29) is 24.0 Å². The normalized spacial score (nSPS) is 20.4. The van der Waals surface area contributed by atoms with Crippen molar-refractivity contribution in [3.05, 3.63) is 0 Å². The quantitative estimate of drug-likeness (QED) is 0.762. The van der Waals surface area contributed by atoms with E-state index in [1.54, 1.807) is 16.7 Å². The van der Waals surface area contributed by atoms with Crippen LogP contribution in [0.15, 0.2) is 0 Å². The molecule has 1 N–H and O–H groups in total. The van der Waals surface area contributed by atoms with Crippen LogP contribution < -0.4 is 0 Å². The summed E-state index contributed by atoms with van der Waals surface area (Å²) in [5.41, 5.74) is 0. The summed E-state index contributed by atoms with van der Waals surface area (Å²) >= 11 is 1.59. The second-order valence-electron chi connectivity index (χ2n) is 5.52. The van der Waals surface area contributed by atoms with Gasteiger partial charge in [0.1, 0.15) is 0 Å². The van der Waals surface area contributed by atoms with Crippen LogP contribution in [0.4, 0.5) is 13.2 Å². The molecule has 124 valence electrons. The molecule has 1 saturated heterocycles. The van der Waals surface area contributed by atoms with Gasteiger partial charge >= 0.3 is 6.18 Å². The topological polar surface area (TPSA) is 40.5 Å². The van der Waals surface area contributed by atoms with Crippen LogP contribution in [0.5, 0.6) is 0 Å². The maximum Gasteiger partial charge on any atom is 0.414 e. The van der Waals surface area contributed by atoms with E-state index in [0.717, 1.165) is 18.6 Å². The molecule has 0 saturated carbocycles. The van der Waals surface area contributed by atoms with Crippen molar-refractivity contribution in [3.63, 3.8) is 0 Å². The Morgan fingerprint density at radius 3 is 2.43 bits per heavy atom. The molecule has 0 aliphatic carbocycles. The van der Waals surface area contributed by atoms with Crippen molar-refractivity contribution in [1.29, 1.82) is 0 Å². The minimum absolute atomic E-state index is 0.00366. The maximum absolute atomic E-state index is 12.5. The fourth-order valence-corrected chi connectivity index (χ4v) is 3.54. The van der Waals surface area contributed by atoms with E-state index in [1.807, 2.05) is 6.92 Å². The molecule has 0 aromatic heterocycles. The predicted molar refractivity (Wildman–Crippen MR) is 78.2 cm³/mol. The molecule has 0 bridgehead atoms. The van der Waals surface area contributed by atoms with Crippen molar-refractivity contribution in [2.45, 2.75) is 57.1 Å². The van der Waals surface area contributed by atoms with Crippen LogP contribution in [0.25, 0.3) is 0 Å². The molecule has 2 unspecified atom stereocenters. The Balaban J connectivity index is 2.40. The number of carbonyl (C=O) groups excluding carboxylic acids is 1. The molecule has 1 heterocycles. The Bertz CT molecular complexity index is 331. The first-order chi connectivity index (χ1) is 9.77. The second-order valence-corrected chi connectivity index (χ2v) is 6.96. The minimum atomic E-state index is -4.57. The van der Waals surface area contributed by atoms with Crippen LogP contribution in [0, 0.1) is 5.92 Å². The predicted octanol–water partition coefficient (Wildman–Crippen LogP) is 3.07. The van der Waals surface area contributed by atoms with Crippen molar-refractivity contribution >= 4 is 17.7 Å². The lowest BCUT2D eigenvalue weighted by atomic mass is 9.91. The molecule has 0 radical (unpaired) electrons. The third-order valence-corrected chi connectivity index (χ3v) is 5.07. The molecule has 1 aliphatic rings. The summed E-state index contributed by atoms with van der Waals surface area (Å²) in [7, 11) is 0. The highest BCUT2D eigenvalue weighted by Crippen LogP contribution is 2.32. The fraction of sp³-hybridized carbons (Fsp3) is 0.929. The molecule has 21 heavy (non-hydrogen) atoms. The number of halogens is 3. The number of likely N-dealkylation sites (tertiary alicyclic amines) is 1. The van der Waals surface area contributed by atoms with Crippen molar-refractivity contribution < 1.29 is 23.1 Å². The highest BCUT2D eigenvalue weighted by molar-refractivity contribution is 8.00. The molecule has 1 fully saturated rings. The van der Waals surface area contributed by atoms with E-state index in [4.69, 9.17) is 0 Å². The van der Waals surface area contributed by atoms with Crippen molar-refractivity contribution in [2.24, 2.45) is 5.92 Å². The molecule has 0 aromatic rings. The number of aliphatic hydroxyl groups excluding tert-OH is 1. The zero-order valence-electron chi connectivity index (χ0n) is 12.5. The summed E-state index contributed by atoms with van der Waals surface area (Å²) < 4.78 is 37.4. The van der Waals surface area contributed by atoms with Gasteiger partial charge in [0.15, 0.2) is 6.10 Å². The minimum Gasteiger partial charge on any atom is -0.383 e. The van der Waals surface area contributed by atoms with E-state index < -0.39 is 18.2 Å². The summed E-state index contributed by atoms with van der Waals surface area (Å²) in [5, 5.41) is 9.10. The van der Waals surface area contributed by atoms with E-state index in [1.165, 1.54) is 0 Å². The number of thioether (sulfide) groups is 1. The van der Waals surface area contributed by atoms with Crippen LogP contribution in [0.3, 0.4) is 0 Å². The summed E-state index contributed by atoms with van der Waals surface area (Å²) in [4.78, 5) is 13.8. The highest BCUT2D eigenvalue weighted by Gasteiger charge is 2.44. The molecule has 1 aliphatic heterocycles. The Hall–Kier alpha value is -0.430. The average Bonchev–Trinajstić information content (AvgIpc) is 2.45. The first kappa shape index (κ1) is 18.6. The summed E-state index contributed by atoms with van der Waals surface area (Å²) in [5.74, 6) is 0.125. The van der Waals surface area contributed by atoms with Gasteiger partial charge in [-0.1, -0.05) is 13.3 Å². The van der Waals surface area contributed by atoms with Crippen LogP contribution in [-0.2, 0) is 4.79 Å². The molecule has 0 spiro atoms. The maximum atomic E-state index is 12.5. The number of amides is 1. The molecule has 3 nitrogen and oxygen atoms in total. The highest BCUT2D eigenvalue weighted by atomic mass is 32.2. The third-order valence-electron chi connectivity index (χ3n) is 3.85. The summed E-state index contributed by atoms with van der Waals surface area (Å²) in [6, 6.07) is 0. The Morgan fingerprint density at radius 2 is 1.95 bits per heavy atom. The van der Waals surface area contributed by atoms with Crippen LogP contribution in [0.2, 0.25) is 0 Å². The Morgan fingerprint density at radius 1 is 1.38 bits per heavy atom. The van der Waals surface area contributed by atoms with Gasteiger partial charge in [0, 0.05) is 13.1 Å². The van der Waals surface area contributed by atoms with Crippen LogP contribution in [0.1, 0.15) is 39.5 Å². The Kier molecular flexibility index (Phi) is 7.33. The SMILES string of the molecule is CCCCSC(C)C(=O)N1CCC(C(O)C(F)(F)F)CC1. The average molecular weight is 327 g/mol. The lowest BCUT2D eigenvalue weighted by molar-refractivity contribution is -0.222. The molecule has 0 aromatic carbocycles. The van der Waals surface area contributed by atoms with E-state index in [9.17, 15) is 23.1 Å². The van der Waals surface area contributed by atoms with E-state index >= 15 is 0 Å².